The minimum absolute atomic E-state index is 0.0248. The second kappa shape index (κ2) is 18.9. The third-order valence-electron chi connectivity index (χ3n) is 10.5. The summed E-state index contributed by atoms with van der Waals surface area (Å²) in [4.78, 5) is 75.2. The fourth-order valence-corrected chi connectivity index (χ4v) is 7.97. The van der Waals surface area contributed by atoms with Gasteiger partial charge in [-0.25, -0.2) is 9.78 Å². The number of aromatic nitrogens is 1. The standard InChI is InChI=1S/C41H55N7O8S/c1-25(28-7-9-30(10-8-28)36-27(3)42-24-57-36)43-38(52)33-21-32(49)22-48(33)39(53)37(41(4,5)6)45-34(50)23-56-20-15-35(51)47-18-16-46(17-19-47)31-13-11-29(12-14-31)26(2)44-40(54)55/h7-14,24-26,32-33,37,44,49H,15-23H2,1-6H3,(H,43,52)(H,45,50)(H,54,55)/t25-,26-,32+,33-,37+/m0/s1. The van der Waals surface area contributed by atoms with E-state index in [1.54, 1.807) is 23.2 Å². The van der Waals surface area contributed by atoms with Crippen molar-refractivity contribution in [1.82, 2.24) is 30.7 Å². The molecule has 1 aromatic heterocycles. The van der Waals surface area contributed by atoms with E-state index in [1.807, 2.05) is 88.7 Å². The first-order valence-electron chi connectivity index (χ1n) is 19.3. The highest BCUT2D eigenvalue weighted by Crippen LogP contribution is 2.30. The van der Waals surface area contributed by atoms with Crippen LogP contribution in [0.5, 0.6) is 0 Å². The maximum absolute atomic E-state index is 14.0. The van der Waals surface area contributed by atoms with Crippen molar-refractivity contribution in [2.75, 3.05) is 50.8 Å². The Morgan fingerprint density at radius 3 is 2.11 bits per heavy atom. The molecule has 5 atom stereocenters. The van der Waals surface area contributed by atoms with Gasteiger partial charge in [-0.15, -0.1) is 11.3 Å². The average Bonchev–Trinajstić information content (AvgIpc) is 3.79. The van der Waals surface area contributed by atoms with Crippen LogP contribution in [0.25, 0.3) is 10.4 Å². The summed E-state index contributed by atoms with van der Waals surface area (Å²) in [6.07, 6.45) is -1.81. The summed E-state index contributed by atoms with van der Waals surface area (Å²) in [5.41, 5.74) is 5.80. The molecule has 0 aliphatic carbocycles. The molecule has 2 aromatic carbocycles. The highest BCUT2D eigenvalue weighted by Gasteiger charge is 2.44. The number of rotatable bonds is 14. The molecule has 0 radical (unpaired) electrons. The van der Waals surface area contributed by atoms with Crippen molar-refractivity contribution >= 4 is 46.7 Å². The smallest absolute Gasteiger partial charge is 0.405 e. The van der Waals surface area contributed by atoms with Crippen LogP contribution in [0.4, 0.5) is 10.5 Å². The second-order valence-electron chi connectivity index (χ2n) is 15.8. The predicted molar refractivity (Wildman–Crippen MR) is 217 cm³/mol. The van der Waals surface area contributed by atoms with Crippen LogP contribution < -0.4 is 20.9 Å². The number of aliphatic hydroxyl groups is 1. The van der Waals surface area contributed by atoms with Gasteiger partial charge in [-0.3, -0.25) is 19.2 Å². The molecule has 2 aliphatic rings. The predicted octanol–water partition coefficient (Wildman–Crippen LogP) is 3.87. The molecule has 0 bridgehead atoms. The van der Waals surface area contributed by atoms with Crippen LogP contribution in [-0.4, -0.2) is 119 Å². The summed E-state index contributed by atoms with van der Waals surface area (Å²) in [5.74, 6) is -1.48. The van der Waals surface area contributed by atoms with Gasteiger partial charge in [0.15, 0.2) is 0 Å². The van der Waals surface area contributed by atoms with Gasteiger partial charge in [-0.05, 0) is 55.0 Å². The number of ether oxygens (including phenoxy) is 1. The minimum atomic E-state index is -1.08. The van der Waals surface area contributed by atoms with Gasteiger partial charge < -0.3 is 45.6 Å². The molecule has 3 aromatic rings. The number of β-amino-alcohol motifs (C(OH)–C–C–N with tert-alkyl or cyclic N) is 1. The van der Waals surface area contributed by atoms with Crippen molar-refractivity contribution in [2.45, 2.75) is 84.7 Å². The highest BCUT2D eigenvalue weighted by atomic mass is 32.1. The fourth-order valence-electron chi connectivity index (χ4n) is 7.16. The van der Waals surface area contributed by atoms with Crippen molar-refractivity contribution in [1.29, 1.82) is 0 Å². The number of aliphatic hydroxyl groups excluding tert-OH is 1. The SMILES string of the molecule is Cc1ncsc1-c1ccc([C@H](C)NC(=O)[C@@H]2C[C@@H](O)CN2C(=O)[C@@H](NC(=O)COCCC(=O)N2CCN(c3ccc([C@H](C)NC(=O)O)cc3)CC2)C(C)(C)C)cc1. The maximum Gasteiger partial charge on any atom is 0.405 e. The molecule has 16 heteroatoms. The number of nitrogens with zero attached hydrogens (tertiary/aromatic N) is 4. The number of piperazine rings is 1. The summed E-state index contributed by atoms with van der Waals surface area (Å²) in [6, 6.07) is 12.9. The van der Waals surface area contributed by atoms with E-state index >= 15 is 0 Å². The van der Waals surface area contributed by atoms with Crippen molar-refractivity contribution < 1.29 is 38.9 Å². The topological polar surface area (TPSA) is 194 Å². The molecule has 5 N–H and O–H groups in total. The minimum Gasteiger partial charge on any atom is -0.465 e. The lowest BCUT2D eigenvalue weighted by Crippen LogP contribution is -2.58. The number of likely N-dealkylation sites (tertiary alicyclic amines) is 1. The highest BCUT2D eigenvalue weighted by molar-refractivity contribution is 7.13. The van der Waals surface area contributed by atoms with Crippen LogP contribution in [0.2, 0.25) is 0 Å². The van der Waals surface area contributed by atoms with E-state index in [4.69, 9.17) is 9.84 Å². The molecular formula is C41H55N7O8S. The Morgan fingerprint density at radius 2 is 1.53 bits per heavy atom. The van der Waals surface area contributed by atoms with Crippen LogP contribution in [-0.2, 0) is 23.9 Å². The first-order valence-corrected chi connectivity index (χ1v) is 20.2. The first-order chi connectivity index (χ1) is 27.0. The molecule has 2 aliphatic heterocycles. The van der Waals surface area contributed by atoms with Gasteiger partial charge in [0.2, 0.25) is 23.6 Å². The van der Waals surface area contributed by atoms with Gasteiger partial charge >= 0.3 is 6.09 Å². The molecule has 15 nitrogen and oxygen atoms in total. The third kappa shape index (κ3) is 11.3. The molecular weight excluding hydrogens is 751 g/mol. The number of amides is 5. The number of carboxylic acid groups (broad SMARTS) is 1. The quantitative estimate of drug-likeness (QED) is 0.149. The Hall–Kier alpha value is -5.06. The number of aryl methyl sites for hydroxylation is 1. The van der Waals surface area contributed by atoms with E-state index in [1.165, 1.54) is 4.90 Å². The second-order valence-corrected chi connectivity index (χ2v) is 16.7. The summed E-state index contributed by atoms with van der Waals surface area (Å²) < 4.78 is 5.57. The molecule has 5 amide bonds. The molecule has 2 saturated heterocycles. The van der Waals surface area contributed by atoms with Crippen LogP contribution in [0.15, 0.2) is 54.0 Å². The number of thiazole rings is 1. The van der Waals surface area contributed by atoms with Crippen LogP contribution >= 0.6 is 11.3 Å². The number of benzene rings is 2. The van der Waals surface area contributed by atoms with E-state index in [9.17, 15) is 29.1 Å². The molecule has 0 saturated carbocycles. The van der Waals surface area contributed by atoms with Gasteiger partial charge in [0.1, 0.15) is 18.7 Å². The number of hydrogen-bond donors (Lipinski definition) is 5. The molecule has 3 heterocycles. The van der Waals surface area contributed by atoms with E-state index in [2.05, 4.69) is 25.8 Å². The maximum atomic E-state index is 14.0. The summed E-state index contributed by atoms with van der Waals surface area (Å²) >= 11 is 1.57. The Bertz CT molecular complexity index is 1870. The zero-order valence-corrected chi connectivity index (χ0v) is 34.3. The lowest BCUT2D eigenvalue weighted by molar-refractivity contribution is -0.144. The fraction of sp³-hybridized carbons (Fsp3) is 0.512. The normalized spacial score (nSPS) is 18.8. The van der Waals surface area contributed by atoms with Crippen molar-refractivity contribution in [2.24, 2.45) is 5.41 Å². The van der Waals surface area contributed by atoms with Gasteiger partial charge in [-0.1, -0.05) is 57.2 Å². The Labute approximate surface area is 337 Å². The number of anilines is 1. The zero-order valence-electron chi connectivity index (χ0n) is 33.5. The van der Waals surface area contributed by atoms with Gasteiger partial charge in [-0.2, -0.15) is 0 Å². The lowest BCUT2D eigenvalue weighted by atomic mass is 9.85. The zero-order chi connectivity index (χ0) is 41.4. The average molecular weight is 806 g/mol. The molecule has 5 rings (SSSR count). The lowest BCUT2D eigenvalue weighted by Gasteiger charge is -2.36. The van der Waals surface area contributed by atoms with E-state index in [0.29, 0.717) is 26.2 Å². The van der Waals surface area contributed by atoms with Gasteiger partial charge in [0.05, 0.1) is 47.3 Å². The molecule has 2 fully saturated rings. The Morgan fingerprint density at radius 1 is 0.912 bits per heavy atom. The largest absolute Gasteiger partial charge is 0.465 e. The Balaban J connectivity index is 1.07. The number of carbonyl (C=O) groups excluding carboxylic acids is 4. The van der Waals surface area contributed by atoms with Crippen LogP contribution in [0, 0.1) is 12.3 Å². The third-order valence-corrected chi connectivity index (χ3v) is 11.5. The number of nitrogens with one attached hydrogen (secondary N) is 3. The number of hydrogen-bond acceptors (Lipinski definition) is 10. The van der Waals surface area contributed by atoms with E-state index in [-0.39, 0.29) is 56.5 Å². The molecule has 308 valence electrons. The van der Waals surface area contributed by atoms with Crippen molar-refractivity contribution in [3.05, 3.63) is 70.9 Å². The van der Waals surface area contributed by atoms with Crippen LogP contribution in [0.1, 0.15) is 76.4 Å². The number of carbonyl (C=O) groups is 5. The van der Waals surface area contributed by atoms with Gasteiger partial charge in [0.25, 0.3) is 0 Å². The molecule has 0 spiro atoms. The molecule has 57 heavy (non-hydrogen) atoms. The first kappa shape index (κ1) is 43.1. The van der Waals surface area contributed by atoms with E-state index < -0.39 is 41.5 Å². The van der Waals surface area contributed by atoms with Crippen molar-refractivity contribution in [3.63, 3.8) is 0 Å². The summed E-state index contributed by atoms with van der Waals surface area (Å²) in [6.45, 7) is 13.0. The Kier molecular flexibility index (Phi) is 14.3. The monoisotopic (exact) mass is 805 g/mol. The summed E-state index contributed by atoms with van der Waals surface area (Å²) in [5, 5.41) is 27.8. The van der Waals surface area contributed by atoms with E-state index in [0.717, 1.165) is 32.9 Å². The van der Waals surface area contributed by atoms with Crippen molar-refractivity contribution in [3.8, 4) is 10.4 Å². The molecule has 0 unspecified atom stereocenters. The van der Waals surface area contributed by atoms with Crippen LogP contribution in [0.3, 0.4) is 0 Å². The summed E-state index contributed by atoms with van der Waals surface area (Å²) in [7, 11) is 0. The van der Waals surface area contributed by atoms with Gasteiger partial charge in [0, 0.05) is 44.8 Å².